The van der Waals surface area contributed by atoms with Crippen LogP contribution in [0.25, 0.3) is 0 Å². The lowest BCUT2D eigenvalue weighted by molar-refractivity contribution is 0.303. The molecule has 0 atom stereocenters. The lowest BCUT2D eigenvalue weighted by atomic mass is 10.1. The predicted octanol–water partition coefficient (Wildman–Crippen LogP) is 3.42. The van der Waals surface area contributed by atoms with Crippen LogP contribution in [-0.4, -0.2) is 5.11 Å². The summed E-state index contributed by atoms with van der Waals surface area (Å²) in [6.45, 7) is 2.19. The maximum atomic E-state index is 13.0. The molecule has 88 valence electrons. The number of hydrogen-bond acceptors (Lipinski definition) is 2. The van der Waals surface area contributed by atoms with E-state index in [-0.39, 0.29) is 18.2 Å². The first-order valence-electron chi connectivity index (χ1n) is 5.32. The van der Waals surface area contributed by atoms with Gasteiger partial charge in [0.25, 0.3) is 0 Å². The molecule has 0 radical (unpaired) electrons. The molecule has 1 N–H and O–H groups in total. The van der Waals surface area contributed by atoms with Crippen molar-refractivity contribution in [1.82, 2.24) is 0 Å². The van der Waals surface area contributed by atoms with Gasteiger partial charge in [0.05, 0.1) is 0 Å². The second-order valence-electron chi connectivity index (χ2n) is 3.86. The molecule has 0 saturated carbocycles. The molecule has 2 nitrogen and oxygen atoms in total. The summed E-state index contributed by atoms with van der Waals surface area (Å²) in [6, 6.07) is 11.1. The lowest BCUT2D eigenvalue weighted by Gasteiger charge is -2.09. The Labute approximate surface area is 99.3 Å². The van der Waals surface area contributed by atoms with E-state index in [1.165, 1.54) is 18.2 Å². The maximum Gasteiger partial charge on any atom is 0.123 e. The van der Waals surface area contributed by atoms with Crippen molar-refractivity contribution in [3.63, 3.8) is 0 Å². The second kappa shape index (κ2) is 4.87. The van der Waals surface area contributed by atoms with E-state index in [2.05, 4.69) is 0 Å². The summed E-state index contributed by atoms with van der Waals surface area (Å²) in [7, 11) is 0. The zero-order valence-electron chi connectivity index (χ0n) is 9.48. The van der Waals surface area contributed by atoms with Gasteiger partial charge >= 0.3 is 0 Å². The minimum atomic E-state index is -0.273. The number of phenolic OH excluding ortho intramolecular Hbond substituents is 1. The monoisotopic (exact) mass is 232 g/mol. The molecule has 2 rings (SSSR count). The first-order chi connectivity index (χ1) is 8.15. The van der Waals surface area contributed by atoms with Crippen molar-refractivity contribution >= 4 is 0 Å². The van der Waals surface area contributed by atoms with Gasteiger partial charge in [0.2, 0.25) is 0 Å². The number of aromatic hydroxyl groups is 1. The Morgan fingerprint density at radius 3 is 2.76 bits per heavy atom. The fraction of sp³-hybridized carbons (Fsp3) is 0.143. The van der Waals surface area contributed by atoms with Gasteiger partial charge in [-0.1, -0.05) is 12.1 Å². The first kappa shape index (κ1) is 11.5. The van der Waals surface area contributed by atoms with Gasteiger partial charge in [0.15, 0.2) is 0 Å². The number of benzene rings is 2. The number of aryl methyl sites for hydroxylation is 1. The van der Waals surface area contributed by atoms with Crippen LogP contribution in [0.1, 0.15) is 11.1 Å². The number of ether oxygens (including phenoxy) is 1. The van der Waals surface area contributed by atoms with Crippen LogP contribution in [-0.2, 0) is 6.61 Å². The fourth-order valence-corrected chi connectivity index (χ4v) is 1.53. The van der Waals surface area contributed by atoms with E-state index in [1.807, 2.05) is 6.92 Å². The van der Waals surface area contributed by atoms with Crippen LogP contribution < -0.4 is 4.74 Å². The molecule has 0 aliphatic rings. The highest BCUT2D eigenvalue weighted by atomic mass is 19.1. The summed E-state index contributed by atoms with van der Waals surface area (Å²) in [5.41, 5.74) is 1.78. The van der Waals surface area contributed by atoms with Crippen LogP contribution in [0.4, 0.5) is 4.39 Å². The number of phenols is 1. The van der Waals surface area contributed by atoms with Crippen LogP contribution in [0.5, 0.6) is 11.5 Å². The highest BCUT2D eigenvalue weighted by molar-refractivity contribution is 5.32. The van der Waals surface area contributed by atoms with Crippen molar-refractivity contribution in [2.24, 2.45) is 0 Å². The van der Waals surface area contributed by atoms with E-state index in [4.69, 9.17) is 4.74 Å². The Kier molecular flexibility index (Phi) is 3.28. The van der Waals surface area contributed by atoms with Crippen molar-refractivity contribution < 1.29 is 14.2 Å². The third-order valence-electron chi connectivity index (χ3n) is 2.52. The lowest BCUT2D eigenvalue weighted by Crippen LogP contribution is -1.98. The van der Waals surface area contributed by atoms with Crippen LogP contribution in [0.15, 0.2) is 42.5 Å². The van der Waals surface area contributed by atoms with Gasteiger partial charge in [-0.05, 0) is 42.3 Å². The molecule has 0 aromatic heterocycles. The van der Waals surface area contributed by atoms with Crippen molar-refractivity contribution in [2.75, 3.05) is 0 Å². The summed E-state index contributed by atoms with van der Waals surface area (Å²) < 4.78 is 18.5. The Morgan fingerprint density at radius 2 is 2.00 bits per heavy atom. The highest BCUT2D eigenvalue weighted by Gasteiger charge is 2.02. The van der Waals surface area contributed by atoms with Gasteiger partial charge in [0, 0.05) is 6.07 Å². The second-order valence-corrected chi connectivity index (χ2v) is 3.86. The van der Waals surface area contributed by atoms with Crippen molar-refractivity contribution in [2.45, 2.75) is 13.5 Å². The summed E-state index contributed by atoms with van der Waals surface area (Å²) >= 11 is 0. The van der Waals surface area contributed by atoms with Gasteiger partial charge < -0.3 is 9.84 Å². The Hall–Kier alpha value is -2.03. The van der Waals surface area contributed by atoms with Crippen LogP contribution in [0, 0.1) is 12.7 Å². The summed E-state index contributed by atoms with van der Waals surface area (Å²) in [5, 5.41) is 9.27. The number of hydrogen-bond donors (Lipinski definition) is 1. The minimum Gasteiger partial charge on any atom is -0.508 e. The summed E-state index contributed by atoms with van der Waals surface area (Å²) in [5.74, 6) is 0.442. The molecule has 2 aromatic rings. The van der Waals surface area contributed by atoms with E-state index in [1.54, 1.807) is 24.3 Å². The highest BCUT2D eigenvalue weighted by Crippen LogP contribution is 2.20. The van der Waals surface area contributed by atoms with Gasteiger partial charge in [0.1, 0.15) is 23.9 Å². The Morgan fingerprint density at radius 1 is 1.18 bits per heavy atom. The smallest absolute Gasteiger partial charge is 0.123 e. The van der Waals surface area contributed by atoms with E-state index >= 15 is 0 Å². The summed E-state index contributed by atoms with van der Waals surface area (Å²) in [6.07, 6.45) is 0. The third kappa shape index (κ3) is 2.97. The molecule has 0 saturated heterocycles. The van der Waals surface area contributed by atoms with Crippen molar-refractivity contribution in [3.05, 3.63) is 59.4 Å². The Balaban J connectivity index is 2.09. The molecule has 3 heteroatoms. The quantitative estimate of drug-likeness (QED) is 0.878. The molecule has 0 unspecified atom stereocenters. The van der Waals surface area contributed by atoms with Gasteiger partial charge in [-0.25, -0.2) is 4.39 Å². The van der Waals surface area contributed by atoms with Crippen LogP contribution in [0.2, 0.25) is 0 Å². The SMILES string of the molecule is Cc1ccc(F)cc1COc1cccc(O)c1. The van der Waals surface area contributed by atoms with Crippen molar-refractivity contribution in [1.29, 1.82) is 0 Å². The molecule has 2 aromatic carbocycles. The maximum absolute atomic E-state index is 13.0. The molecular formula is C14H13FO2. The van der Waals surface area contributed by atoms with E-state index in [0.717, 1.165) is 11.1 Å². The van der Waals surface area contributed by atoms with E-state index in [0.29, 0.717) is 5.75 Å². The average molecular weight is 232 g/mol. The fourth-order valence-electron chi connectivity index (χ4n) is 1.53. The Bertz CT molecular complexity index is 523. The molecule has 0 aliphatic carbocycles. The zero-order chi connectivity index (χ0) is 12.3. The van der Waals surface area contributed by atoms with Gasteiger partial charge in [-0.2, -0.15) is 0 Å². The molecule has 0 spiro atoms. The van der Waals surface area contributed by atoms with Crippen molar-refractivity contribution in [3.8, 4) is 11.5 Å². The number of halogens is 1. The summed E-state index contributed by atoms with van der Waals surface area (Å²) in [4.78, 5) is 0. The third-order valence-corrected chi connectivity index (χ3v) is 2.52. The van der Waals surface area contributed by atoms with Crippen LogP contribution >= 0.6 is 0 Å². The minimum absolute atomic E-state index is 0.151. The molecule has 17 heavy (non-hydrogen) atoms. The van der Waals surface area contributed by atoms with E-state index < -0.39 is 0 Å². The topological polar surface area (TPSA) is 29.5 Å². The predicted molar refractivity (Wildman–Crippen MR) is 63.6 cm³/mol. The molecule has 0 bridgehead atoms. The molecule has 0 amide bonds. The first-order valence-corrected chi connectivity index (χ1v) is 5.32. The molecular weight excluding hydrogens is 219 g/mol. The molecule has 0 aliphatic heterocycles. The molecule has 0 fully saturated rings. The largest absolute Gasteiger partial charge is 0.508 e. The van der Waals surface area contributed by atoms with Crippen LogP contribution in [0.3, 0.4) is 0 Å². The zero-order valence-corrected chi connectivity index (χ0v) is 9.48. The average Bonchev–Trinajstić information content (AvgIpc) is 2.30. The standard InChI is InChI=1S/C14H13FO2/c1-10-5-6-12(15)7-11(10)9-17-14-4-2-3-13(16)8-14/h2-8,16H,9H2,1H3. The van der Waals surface area contributed by atoms with E-state index in [9.17, 15) is 9.50 Å². The van der Waals surface area contributed by atoms with Gasteiger partial charge in [-0.15, -0.1) is 0 Å². The van der Waals surface area contributed by atoms with Gasteiger partial charge in [-0.3, -0.25) is 0 Å². The normalized spacial score (nSPS) is 10.2. The molecule has 0 heterocycles. The number of rotatable bonds is 3.